The minimum atomic E-state index is -3.73. The Hall–Kier alpha value is -1.21. The predicted octanol–water partition coefficient (Wildman–Crippen LogP) is 1.55. The third-order valence-corrected chi connectivity index (χ3v) is 4.51. The molecule has 1 unspecified atom stereocenters. The highest BCUT2D eigenvalue weighted by Crippen LogP contribution is 2.18. The van der Waals surface area contributed by atoms with Crippen LogP contribution in [-0.4, -0.2) is 18.7 Å². The SMILES string of the molecule is Cc1ccc(F)cc1NS(=O)(=O)C(C)C(N)=S. The highest BCUT2D eigenvalue weighted by atomic mass is 32.2. The fraction of sp³-hybridized carbons (Fsp3) is 0.300. The standard InChI is InChI=1S/C10H13FN2O2S2/c1-6-3-4-8(11)5-9(6)13-17(14,15)7(2)10(12)16/h3-5,7,13H,1-2H3,(H2,12,16). The van der Waals surface area contributed by atoms with E-state index < -0.39 is 21.1 Å². The van der Waals surface area contributed by atoms with Gasteiger partial charge in [-0.2, -0.15) is 0 Å². The van der Waals surface area contributed by atoms with E-state index in [2.05, 4.69) is 16.9 Å². The second-order valence-corrected chi connectivity index (χ2v) is 6.12. The van der Waals surface area contributed by atoms with Crippen molar-refractivity contribution in [3.63, 3.8) is 0 Å². The quantitative estimate of drug-likeness (QED) is 0.818. The third-order valence-electron chi connectivity index (χ3n) is 2.32. The van der Waals surface area contributed by atoms with Gasteiger partial charge in [-0.25, -0.2) is 12.8 Å². The van der Waals surface area contributed by atoms with Gasteiger partial charge in [0, 0.05) is 0 Å². The zero-order valence-corrected chi connectivity index (χ0v) is 11.0. The van der Waals surface area contributed by atoms with Gasteiger partial charge < -0.3 is 5.73 Å². The smallest absolute Gasteiger partial charge is 0.241 e. The first kappa shape index (κ1) is 13.9. The number of thiocarbonyl (C=S) groups is 1. The van der Waals surface area contributed by atoms with E-state index in [1.165, 1.54) is 19.1 Å². The van der Waals surface area contributed by atoms with Crippen LogP contribution < -0.4 is 10.5 Å². The molecule has 0 aromatic heterocycles. The summed E-state index contributed by atoms with van der Waals surface area (Å²) < 4.78 is 38.9. The Labute approximate surface area is 105 Å². The summed E-state index contributed by atoms with van der Waals surface area (Å²) in [7, 11) is -3.73. The molecule has 17 heavy (non-hydrogen) atoms. The van der Waals surface area contributed by atoms with Gasteiger partial charge >= 0.3 is 0 Å². The fourth-order valence-electron chi connectivity index (χ4n) is 1.10. The Morgan fingerprint density at radius 3 is 2.65 bits per heavy atom. The second kappa shape index (κ2) is 4.97. The first-order valence-corrected chi connectivity index (χ1v) is 6.76. The largest absolute Gasteiger partial charge is 0.392 e. The number of nitrogens with two attached hydrogens (primary N) is 1. The van der Waals surface area contributed by atoms with E-state index >= 15 is 0 Å². The van der Waals surface area contributed by atoms with E-state index in [4.69, 9.17) is 5.73 Å². The van der Waals surface area contributed by atoms with Crippen LogP contribution in [0, 0.1) is 12.7 Å². The Kier molecular flexibility index (Phi) is 4.05. The maximum absolute atomic E-state index is 13.0. The molecule has 0 radical (unpaired) electrons. The molecule has 3 N–H and O–H groups in total. The van der Waals surface area contributed by atoms with Gasteiger partial charge in [0.2, 0.25) is 10.0 Å². The minimum Gasteiger partial charge on any atom is -0.392 e. The molecule has 1 aromatic carbocycles. The summed E-state index contributed by atoms with van der Waals surface area (Å²) in [5, 5.41) is -1.01. The molecule has 0 saturated carbocycles. The average Bonchev–Trinajstić information content (AvgIpc) is 2.21. The van der Waals surface area contributed by atoms with Crippen LogP contribution in [0.2, 0.25) is 0 Å². The summed E-state index contributed by atoms with van der Waals surface area (Å²) in [6.07, 6.45) is 0. The van der Waals surface area contributed by atoms with Crippen molar-refractivity contribution in [3.05, 3.63) is 29.6 Å². The lowest BCUT2D eigenvalue weighted by Gasteiger charge is -2.15. The topological polar surface area (TPSA) is 72.2 Å². The van der Waals surface area contributed by atoms with E-state index in [-0.39, 0.29) is 10.7 Å². The lowest BCUT2D eigenvalue weighted by atomic mass is 10.2. The summed E-state index contributed by atoms with van der Waals surface area (Å²) in [6.45, 7) is 3.04. The Morgan fingerprint density at radius 2 is 2.12 bits per heavy atom. The molecule has 0 saturated heterocycles. The first-order chi connectivity index (χ1) is 7.74. The molecule has 1 rings (SSSR count). The number of anilines is 1. The number of aryl methyl sites for hydroxylation is 1. The molecule has 1 aromatic rings. The van der Waals surface area contributed by atoms with Gasteiger partial charge in [0.25, 0.3) is 0 Å². The highest BCUT2D eigenvalue weighted by Gasteiger charge is 2.23. The van der Waals surface area contributed by atoms with Crippen molar-refractivity contribution >= 4 is 32.9 Å². The maximum Gasteiger partial charge on any atom is 0.241 e. The van der Waals surface area contributed by atoms with Crippen molar-refractivity contribution in [3.8, 4) is 0 Å². The molecule has 94 valence electrons. The molecule has 0 fully saturated rings. The van der Waals surface area contributed by atoms with E-state index in [1.807, 2.05) is 0 Å². The molecule has 7 heteroatoms. The van der Waals surface area contributed by atoms with Crippen molar-refractivity contribution in [2.45, 2.75) is 19.1 Å². The van der Waals surface area contributed by atoms with Crippen LogP contribution in [-0.2, 0) is 10.0 Å². The molecule has 4 nitrogen and oxygen atoms in total. The normalized spacial score (nSPS) is 13.1. The number of rotatable bonds is 4. The molecule has 0 spiro atoms. The van der Waals surface area contributed by atoms with Crippen molar-refractivity contribution in [1.29, 1.82) is 0 Å². The van der Waals surface area contributed by atoms with Crippen molar-refractivity contribution in [1.82, 2.24) is 0 Å². The molecule has 0 aliphatic heterocycles. The van der Waals surface area contributed by atoms with Crippen LogP contribution in [0.1, 0.15) is 12.5 Å². The Bertz CT molecular complexity index is 543. The summed E-state index contributed by atoms with van der Waals surface area (Å²) in [5.41, 5.74) is 6.09. The summed E-state index contributed by atoms with van der Waals surface area (Å²) >= 11 is 4.63. The van der Waals surface area contributed by atoms with Crippen molar-refractivity contribution in [2.24, 2.45) is 5.73 Å². The Balaban J connectivity index is 3.06. The molecule has 1 atom stereocenters. The molecule has 0 bridgehead atoms. The summed E-state index contributed by atoms with van der Waals surface area (Å²) in [6, 6.07) is 3.85. The second-order valence-electron chi connectivity index (χ2n) is 3.65. The summed E-state index contributed by atoms with van der Waals surface area (Å²) in [4.78, 5) is -0.133. The minimum absolute atomic E-state index is 0.133. The molecule has 0 aliphatic carbocycles. The fourth-order valence-corrected chi connectivity index (χ4v) is 2.49. The number of sulfonamides is 1. The van der Waals surface area contributed by atoms with Gasteiger partial charge in [-0.3, -0.25) is 4.72 Å². The van der Waals surface area contributed by atoms with Gasteiger partial charge in [-0.1, -0.05) is 18.3 Å². The lowest BCUT2D eigenvalue weighted by molar-refractivity contribution is 0.598. The predicted molar refractivity (Wildman–Crippen MR) is 69.9 cm³/mol. The monoisotopic (exact) mass is 276 g/mol. The molecule has 0 heterocycles. The van der Waals surface area contributed by atoms with Gasteiger partial charge in [0.1, 0.15) is 11.1 Å². The molecular formula is C10H13FN2O2S2. The Morgan fingerprint density at radius 1 is 1.53 bits per heavy atom. The maximum atomic E-state index is 13.0. The number of hydrogen-bond acceptors (Lipinski definition) is 3. The van der Waals surface area contributed by atoms with Gasteiger partial charge in [0.05, 0.1) is 10.7 Å². The first-order valence-electron chi connectivity index (χ1n) is 4.81. The number of nitrogens with one attached hydrogen (secondary N) is 1. The lowest BCUT2D eigenvalue weighted by Crippen LogP contribution is -2.35. The van der Waals surface area contributed by atoms with Crippen LogP contribution in [0.15, 0.2) is 18.2 Å². The van der Waals surface area contributed by atoms with E-state index in [9.17, 15) is 12.8 Å². The van der Waals surface area contributed by atoms with E-state index in [0.29, 0.717) is 5.56 Å². The van der Waals surface area contributed by atoms with E-state index in [0.717, 1.165) is 6.07 Å². The summed E-state index contributed by atoms with van der Waals surface area (Å²) in [5.74, 6) is -0.517. The molecule has 0 amide bonds. The van der Waals surface area contributed by atoms with Crippen LogP contribution in [0.4, 0.5) is 10.1 Å². The van der Waals surface area contributed by atoms with Crippen LogP contribution in [0.5, 0.6) is 0 Å². The third kappa shape index (κ3) is 3.37. The number of halogens is 1. The average molecular weight is 276 g/mol. The van der Waals surface area contributed by atoms with Crippen molar-refractivity contribution < 1.29 is 12.8 Å². The number of hydrogen-bond donors (Lipinski definition) is 2. The van der Waals surface area contributed by atoms with Gasteiger partial charge in [0.15, 0.2) is 0 Å². The zero-order valence-electron chi connectivity index (χ0n) is 9.40. The van der Waals surface area contributed by atoms with Gasteiger partial charge in [-0.05, 0) is 31.5 Å². The van der Waals surface area contributed by atoms with Crippen LogP contribution in [0.25, 0.3) is 0 Å². The van der Waals surface area contributed by atoms with Crippen LogP contribution >= 0.6 is 12.2 Å². The van der Waals surface area contributed by atoms with Crippen LogP contribution in [0.3, 0.4) is 0 Å². The molecule has 0 aliphatic rings. The van der Waals surface area contributed by atoms with E-state index in [1.54, 1.807) is 6.92 Å². The van der Waals surface area contributed by atoms with Crippen molar-refractivity contribution in [2.75, 3.05) is 4.72 Å². The number of benzene rings is 1. The zero-order chi connectivity index (χ0) is 13.2. The molecular weight excluding hydrogens is 263 g/mol. The highest BCUT2D eigenvalue weighted by molar-refractivity contribution is 7.95. The van der Waals surface area contributed by atoms with Gasteiger partial charge in [-0.15, -0.1) is 0 Å².